The quantitative estimate of drug-likeness (QED) is 0.312. The molecule has 0 bridgehead atoms. The Kier molecular flexibility index (Phi) is 6.62. The normalized spacial score (nSPS) is 14.8. The Morgan fingerprint density at radius 1 is 0.880 bits per heavy atom. The Morgan fingerprint density at radius 3 is 1.68 bits per heavy atom. The van der Waals surface area contributed by atoms with Crippen molar-refractivity contribution in [2.45, 2.75) is 36.0 Å². The first-order valence-electron chi connectivity index (χ1n) is 5.78. The van der Waals surface area contributed by atoms with Gasteiger partial charge in [0.15, 0.2) is 0 Å². The lowest BCUT2D eigenvalue weighted by molar-refractivity contribution is -0.415. The number of carbonyl (C=O) groups excluding carboxylic acids is 1. The average molecular weight is 400 g/mol. The van der Waals surface area contributed by atoms with Gasteiger partial charge in [-0.2, -0.15) is 43.9 Å². The van der Waals surface area contributed by atoms with Gasteiger partial charge in [0.2, 0.25) is 0 Å². The summed E-state index contributed by atoms with van der Waals surface area (Å²) in [7, 11) is 0. The van der Waals surface area contributed by atoms with Crippen molar-refractivity contribution in [2.75, 3.05) is 13.2 Å². The van der Waals surface area contributed by atoms with Crippen LogP contribution in [-0.4, -0.2) is 55.5 Å². The van der Waals surface area contributed by atoms with E-state index in [1.54, 1.807) is 0 Å². The molecular formula is C11H8F12O2. The van der Waals surface area contributed by atoms with Gasteiger partial charge in [0.1, 0.15) is 12.9 Å². The molecule has 148 valence electrons. The number of rotatable bonds is 10. The smallest absolute Gasteiger partial charge is 0.370 e. The summed E-state index contributed by atoms with van der Waals surface area (Å²) in [5.74, 6) is -35.6. The highest BCUT2D eigenvalue weighted by Gasteiger charge is 2.87. The number of halogens is 12. The van der Waals surface area contributed by atoms with Gasteiger partial charge in [-0.3, -0.25) is 4.79 Å². The Morgan fingerprint density at radius 2 is 1.32 bits per heavy atom. The number of carbonyl (C=O) groups is 1. The number of hydrogen-bond donors (Lipinski definition) is 0. The van der Waals surface area contributed by atoms with Crippen LogP contribution in [0.2, 0.25) is 0 Å². The third-order valence-corrected chi connectivity index (χ3v) is 2.68. The van der Waals surface area contributed by atoms with E-state index in [0.29, 0.717) is 0 Å². The number of hydrogen-bond acceptors (Lipinski definition) is 2. The molecule has 0 aromatic carbocycles. The number of alkyl halides is 12. The summed E-state index contributed by atoms with van der Waals surface area (Å²) in [6.07, 6.45) is -5.66. The van der Waals surface area contributed by atoms with Crippen molar-refractivity contribution in [3.05, 3.63) is 12.2 Å². The second-order valence-corrected chi connectivity index (χ2v) is 4.62. The summed E-state index contributed by atoms with van der Waals surface area (Å²) >= 11 is 0. The number of aldehydes is 1. The van der Waals surface area contributed by atoms with Crippen LogP contribution in [0.15, 0.2) is 12.2 Å². The van der Waals surface area contributed by atoms with Crippen LogP contribution < -0.4 is 0 Å². The van der Waals surface area contributed by atoms with E-state index < -0.39 is 54.8 Å². The molecular weight excluding hydrogens is 392 g/mol. The topological polar surface area (TPSA) is 26.3 Å². The maximum absolute atomic E-state index is 13.1. The molecule has 0 aromatic heterocycles. The van der Waals surface area contributed by atoms with E-state index in [-0.39, 0.29) is 6.29 Å². The van der Waals surface area contributed by atoms with Gasteiger partial charge in [-0.25, -0.2) is 8.78 Å². The minimum atomic E-state index is -7.59. The molecule has 0 amide bonds. The molecule has 0 heterocycles. The Balaban J connectivity index is 5.70. The maximum atomic E-state index is 13.1. The van der Waals surface area contributed by atoms with E-state index in [4.69, 9.17) is 0 Å². The predicted octanol–water partition coefficient (Wildman–Crippen LogP) is 4.20. The highest BCUT2D eigenvalue weighted by Crippen LogP contribution is 2.58. The second kappa shape index (κ2) is 7.03. The van der Waals surface area contributed by atoms with Gasteiger partial charge in [-0.05, 0) is 0 Å². The zero-order valence-corrected chi connectivity index (χ0v) is 11.6. The molecule has 0 fully saturated rings. The van der Waals surface area contributed by atoms with Crippen LogP contribution in [0.4, 0.5) is 52.7 Å². The molecule has 0 spiro atoms. The lowest BCUT2D eigenvalue weighted by Gasteiger charge is -2.39. The van der Waals surface area contributed by atoms with Crippen molar-refractivity contribution in [1.82, 2.24) is 0 Å². The van der Waals surface area contributed by atoms with Crippen LogP contribution in [0.3, 0.4) is 0 Å². The zero-order valence-electron chi connectivity index (χ0n) is 11.6. The lowest BCUT2D eigenvalue weighted by atomic mass is 9.94. The largest absolute Gasteiger partial charge is 0.384 e. The molecule has 0 unspecified atom stereocenters. The summed E-state index contributed by atoms with van der Waals surface area (Å²) in [6, 6.07) is 0. The minimum Gasteiger partial charge on any atom is -0.370 e. The first-order valence-corrected chi connectivity index (χ1v) is 5.78. The molecule has 0 N–H and O–H groups in total. The van der Waals surface area contributed by atoms with E-state index in [9.17, 15) is 57.5 Å². The third kappa shape index (κ3) is 3.87. The van der Waals surface area contributed by atoms with Crippen molar-refractivity contribution >= 4 is 6.29 Å². The monoisotopic (exact) mass is 400 g/mol. The summed E-state index contributed by atoms with van der Waals surface area (Å²) in [6.45, 7) is -1.11. The molecule has 0 rings (SSSR count). The van der Waals surface area contributed by atoms with Crippen molar-refractivity contribution in [3.63, 3.8) is 0 Å². The SMILES string of the molecule is C=C(C=O)COCC(F)(F)C(F)(F)C(F)(F)C(F)(F)C(F)(F)C(F)F. The molecule has 0 radical (unpaired) electrons. The van der Waals surface area contributed by atoms with Gasteiger partial charge in [-0.1, -0.05) is 6.58 Å². The van der Waals surface area contributed by atoms with Gasteiger partial charge in [0.25, 0.3) is 0 Å². The van der Waals surface area contributed by atoms with Gasteiger partial charge >= 0.3 is 36.0 Å². The summed E-state index contributed by atoms with van der Waals surface area (Å²) in [4.78, 5) is 10.0. The van der Waals surface area contributed by atoms with E-state index in [1.165, 1.54) is 0 Å². The summed E-state index contributed by atoms with van der Waals surface area (Å²) in [5, 5.41) is 0. The van der Waals surface area contributed by atoms with Crippen LogP contribution in [0, 0.1) is 0 Å². The summed E-state index contributed by atoms with van der Waals surface area (Å²) < 4.78 is 157. The molecule has 0 atom stereocenters. The highest BCUT2D eigenvalue weighted by molar-refractivity contribution is 5.72. The van der Waals surface area contributed by atoms with Gasteiger partial charge in [-0.15, -0.1) is 0 Å². The molecule has 0 saturated heterocycles. The van der Waals surface area contributed by atoms with Gasteiger partial charge in [0.05, 0.1) is 6.61 Å². The molecule has 0 aliphatic carbocycles. The number of ether oxygens (including phenoxy) is 1. The van der Waals surface area contributed by atoms with Crippen molar-refractivity contribution < 1.29 is 62.2 Å². The first kappa shape index (κ1) is 23.5. The Bertz CT molecular complexity index is 499. The van der Waals surface area contributed by atoms with Crippen molar-refractivity contribution in [3.8, 4) is 0 Å². The fourth-order valence-electron chi connectivity index (χ4n) is 1.21. The van der Waals surface area contributed by atoms with Gasteiger partial charge in [0, 0.05) is 5.57 Å². The van der Waals surface area contributed by atoms with Crippen molar-refractivity contribution in [2.24, 2.45) is 0 Å². The average Bonchev–Trinajstić information content (AvgIpc) is 2.45. The lowest BCUT2D eigenvalue weighted by Crippen LogP contribution is -2.69. The van der Waals surface area contributed by atoms with Gasteiger partial charge < -0.3 is 4.74 Å². The second-order valence-electron chi connectivity index (χ2n) is 4.62. The fraction of sp³-hybridized carbons (Fsp3) is 0.727. The minimum absolute atomic E-state index is 0.109. The maximum Gasteiger partial charge on any atom is 0.384 e. The van der Waals surface area contributed by atoms with Crippen LogP contribution in [0.25, 0.3) is 0 Å². The highest BCUT2D eigenvalue weighted by atomic mass is 19.4. The fourth-order valence-corrected chi connectivity index (χ4v) is 1.21. The standard InChI is InChI=1S/C11H8F12O2/c1-5(2-24)3-25-4-7(14,15)9(18,19)11(22,23)10(20,21)8(16,17)6(12)13/h2,6H,1,3-4H2. The van der Waals surface area contributed by atoms with Crippen LogP contribution in [0.5, 0.6) is 0 Å². The first-order chi connectivity index (χ1) is 10.9. The zero-order chi connectivity index (χ0) is 20.5. The molecule has 14 heteroatoms. The molecule has 25 heavy (non-hydrogen) atoms. The van der Waals surface area contributed by atoms with Crippen molar-refractivity contribution in [1.29, 1.82) is 0 Å². The van der Waals surface area contributed by atoms with Crippen LogP contribution in [0.1, 0.15) is 0 Å². The molecule has 0 aliphatic rings. The molecule has 2 nitrogen and oxygen atoms in total. The third-order valence-electron chi connectivity index (χ3n) is 2.68. The molecule has 0 aromatic rings. The van der Waals surface area contributed by atoms with E-state index in [0.717, 1.165) is 0 Å². The predicted molar refractivity (Wildman–Crippen MR) is 56.8 cm³/mol. The molecule has 0 aliphatic heterocycles. The Hall–Kier alpha value is -1.47. The summed E-state index contributed by atoms with van der Waals surface area (Å²) in [5.41, 5.74) is -0.638. The van der Waals surface area contributed by atoms with E-state index in [1.807, 2.05) is 0 Å². The Labute approximate surface area is 131 Å². The van der Waals surface area contributed by atoms with E-state index >= 15 is 0 Å². The molecule has 0 saturated carbocycles. The van der Waals surface area contributed by atoms with Crippen LogP contribution >= 0.6 is 0 Å². The van der Waals surface area contributed by atoms with E-state index in [2.05, 4.69) is 11.3 Å². The van der Waals surface area contributed by atoms with Crippen LogP contribution in [-0.2, 0) is 9.53 Å².